The van der Waals surface area contributed by atoms with E-state index in [0.717, 1.165) is 5.69 Å². The fourth-order valence-corrected chi connectivity index (χ4v) is 2.29. The van der Waals surface area contributed by atoms with Gasteiger partial charge < -0.3 is 9.52 Å². The average molecular weight is 293 g/mol. The molecule has 0 fully saturated rings. The summed E-state index contributed by atoms with van der Waals surface area (Å²) in [5.74, 6) is 0.451. The quantitative estimate of drug-likeness (QED) is 0.610. The second-order valence-corrected chi connectivity index (χ2v) is 4.87. The third kappa shape index (κ3) is 1.91. The zero-order valence-electron chi connectivity index (χ0n) is 11.6. The first kappa shape index (κ1) is 12.5. The third-order valence-electron chi connectivity index (χ3n) is 3.40. The number of aryl methyl sites for hydroxylation is 1. The zero-order chi connectivity index (χ0) is 15.1. The maximum Gasteiger partial charge on any atom is 0.232 e. The Morgan fingerprint density at radius 1 is 1.18 bits per heavy atom. The topological polar surface area (TPSA) is 89.9 Å². The van der Waals surface area contributed by atoms with E-state index in [2.05, 4.69) is 20.2 Å². The summed E-state index contributed by atoms with van der Waals surface area (Å²) < 4.78 is 7.44. The van der Waals surface area contributed by atoms with Crippen LogP contribution in [0.4, 0.5) is 0 Å². The summed E-state index contributed by atoms with van der Waals surface area (Å²) in [6.07, 6.45) is 4.82. The second kappa shape index (κ2) is 4.66. The maximum absolute atomic E-state index is 10.3. The van der Waals surface area contributed by atoms with Crippen LogP contribution in [-0.4, -0.2) is 29.8 Å². The van der Waals surface area contributed by atoms with E-state index in [1.807, 2.05) is 13.0 Å². The van der Waals surface area contributed by atoms with Gasteiger partial charge in [0.1, 0.15) is 18.4 Å². The Kier molecular flexibility index (Phi) is 2.65. The SMILES string of the molecule is Cc1cc(-n2cnnc2)cc(-c2nc3ncccc3o2)c1O. The minimum absolute atomic E-state index is 0.128. The van der Waals surface area contributed by atoms with Gasteiger partial charge in [0.2, 0.25) is 5.89 Å². The molecule has 1 N–H and O–H groups in total. The summed E-state index contributed by atoms with van der Waals surface area (Å²) in [6, 6.07) is 7.17. The largest absolute Gasteiger partial charge is 0.507 e. The number of pyridine rings is 1. The van der Waals surface area contributed by atoms with Crippen molar-refractivity contribution in [3.63, 3.8) is 0 Å². The number of hydrogen-bond donors (Lipinski definition) is 1. The van der Waals surface area contributed by atoms with Crippen LogP contribution in [0.2, 0.25) is 0 Å². The molecule has 108 valence electrons. The highest BCUT2D eigenvalue weighted by Crippen LogP contribution is 2.35. The Labute approximate surface area is 124 Å². The number of aromatic hydroxyl groups is 1. The summed E-state index contributed by atoms with van der Waals surface area (Å²) in [5, 5.41) is 17.9. The first-order valence-corrected chi connectivity index (χ1v) is 6.63. The summed E-state index contributed by atoms with van der Waals surface area (Å²) in [4.78, 5) is 8.47. The minimum Gasteiger partial charge on any atom is -0.507 e. The van der Waals surface area contributed by atoms with Gasteiger partial charge in [0.15, 0.2) is 11.2 Å². The molecule has 3 heterocycles. The summed E-state index contributed by atoms with van der Waals surface area (Å²) in [6.45, 7) is 1.81. The molecule has 0 saturated heterocycles. The Morgan fingerprint density at radius 3 is 2.77 bits per heavy atom. The van der Waals surface area contributed by atoms with Crippen molar-refractivity contribution in [2.45, 2.75) is 6.92 Å². The lowest BCUT2D eigenvalue weighted by molar-refractivity contribution is 0.470. The van der Waals surface area contributed by atoms with Gasteiger partial charge >= 0.3 is 0 Å². The van der Waals surface area contributed by atoms with Crippen molar-refractivity contribution >= 4 is 11.2 Å². The highest BCUT2D eigenvalue weighted by atomic mass is 16.4. The van der Waals surface area contributed by atoms with E-state index in [0.29, 0.717) is 28.2 Å². The van der Waals surface area contributed by atoms with E-state index in [1.165, 1.54) is 0 Å². The van der Waals surface area contributed by atoms with Gasteiger partial charge in [-0.3, -0.25) is 4.57 Å². The van der Waals surface area contributed by atoms with Crippen molar-refractivity contribution < 1.29 is 9.52 Å². The van der Waals surface area contributed by atoms with Crippen molar-refractivity contribution in [1.82, 2.24) is 24.7 Å². The molecule has 0 spiro atoms. The van der Waals surface area contributed by atoms with E-state index in [-0.39, 0.29) is 5.75 Å². The summed E-state index contributed by atoms with van der Waals surface area (Å²) in [5.41, 5.74) is 3.09. The first-order valence-electron chi connectivity index (χ1n) is 6.63. The predicted octanol–water partition coefficient (Wildman–Crippen LogP) is 2.48. The Bertz CT molecular complexity index is 926. The molecular formula is C15H11N5O2. The van der Waals surface area contributed by atoms with Crippen LogP contribution in [0.5, 0.6) is 5.75 Å². The van der Waals surface area contributed by atoms with E-state index in [4.69, 9.17) is 4.42 Å². The van der Waals surface area contributed by atoms with Crippen LogP contribution < -0.4 is 0 Å². The smallest absolute Gasteiger partial charge is 0.232 e. The van der Waals surface area contributed by atoms with Crippen LogP contribution in [-0.2, 0) is 0 Å². The number of aromatic nitrogens is 5. The van der Waals surface area contributed by atoms with Crippen LogP contribution >= 0.6 is 0 Å². The molecule has 4 rings (SSSR count). The Hall–Kier alpha value is -3.22. The fourth-order valence-electron chi connectivity index (χ4n) is 2.29. The highest BCUT2D eigenvalue weighted by molar-refractivity contribution is 5.75. The monoisotopic (exact) mass is 293 g/mol. The minimum atomic E-state index is 0.128. The van der Waals surface area contributed by atoms with Gasteiger partial charge in [-0.05, 0) is 36.8 Å². The van der Waals surface area contributed by atoms with Crippen LogP contribution in [0, 0.1) is 6.92 Å². The van der Waals surface area contributed by atoms with E-state index >= 15 is 0 Å². The number of benzene rings is 1. The number of nitrogens with zero attached hydrogens (tertiary/aromatic N) is 5. The number of hydrogen-bond acceptors (Lipinski definition) is 6. The summed E-state index contributed by atoms with van der Waals surface area (Å²) in [7, 11) is 0. The molecule has 0 saturated carbocycles. The standard InChI is InChI=1S/C15H11N5O2/c1-9-5-10(20-7-17-18-8-20)6-11(13(9)21)15-19-14-12(22-15)3-2-4-16-14/h2-8,21H,1H3. The molecule has 0 amide bonds. The molecule has 7 nitrogen and oxygen atoms in total. The van der Waals surface area contributed by atoms with Gasteiger partial charge in [0, 0.05) is 11.9 Å². The van der Waals surface area contributed by atoms with E-state index in [9.17, 15) is 5.11 Å². The molecule has 0 radical (unpaired) electrons. The molecule has 22 heavy (non-hydrogen) atoms. The van der Waals surface area contributed by atoms with Crippen molar-refractivity contribution in [3.8, 4) is 22.9 Å². The number of oxazole rings is 1. The number of rotatable bonds is 2. The van der Waals surface area contributed by atoms with Gasteiger partial charge in [0.25, 0.3) is 0 Å². The molecule has 0 aliphatic rings. The van der Waals surface area contributed by atoms with Gasteiger partial charge in [0.05, 0.1) is 5.56 Å². The number of phenols is 1. The highest BCUT2D eigenvalue weighted by Gasteiger charge is 2.16. The van der Waals surface area contributed by atoms with Crippen molar-refractivity contribution in [3.05, 3.63) is 48.7 Å². The second-order valence-electron chi connectivity index (χ2n) is 4.87. The van der Waals surface area contributed by atoms with Crippen LogP contribution in [0.1, 0.15) is 5.56 Å². The molecule has 0 unspecified atom stereocenters. The Balaban J connectivity index is 1.93. The number of fused-ring (bicyclic) bond motifs is 1. The lowest BCUT2D eigenvalue weighted by atomic mass is 10.1. The van der Waals surface area contributed by atoms with Gasteiger partial charge in [-0.15, -0.1) is 10.2 Å². The van der Waals surface area contributed by atoms with Crippen LogP contribution in [0.25, 0.3) is 28.4 Å². The normalized spacial score (nSPS) is 11.1. The van der Waals surface area contributed by atoms with Crippen molar-refractivity contribution in [1.29, 1.82) is 0 Å². The van der Waals surface area contributed by atoms with Crippen molar-refractivity contribution in [2.75, 3.05) is 0 Å². The van der Waals surface area contributed by atoms with Gasteiger partial charge in [-0.25, -0.2) is 4.98 Å². The average Bonchev–Trinajstić information content (AvgIpc) is 3.18. The molecular weight excluding hydrogens is 282 g/mol. The predicted molar refractivity (Wildman–Crippen MR) is 78.6 cm³/mol. The Morgan fingerprint density at radius 2 is 2.00 bits per heavy atom. The van der Waals surface area contributed by atoms with Gasteiger partial charge in [-0.1, -0.05) is 0 Å². The van der Waals surface area contributed by atoms with E-state index in [1.54, 1.807) is 41.6 Å². The van der Waals surface area contributed by atoms with E-state index < -0.39 is 0 Å². The maximum atomic E-state index is 10.3. The summed E-state index contributed by atoms with van der Waals surface area (Å²) >= 11 is 0. The first-order chi connectivity index (χ1) is 10.7. The number of phenolic OH excluding ortho intramolecular Hbond substituents is 1. The molecule has 1 aromatic carbocycles. The van der Waals surface area contributed by atoms with Crippen LogP contribution in [0.15, 0.2) is 47.5 Å². The molecule has 0 bridgehead atoms. The third-order valence-corrected chi connectivity index (χ3v) is 3.40. The molecule has 7 heteroatoms. The lowest BCUT2D eigenvalue weighted by Crippen LogP contribution is -1.93. The molecule has 3 aromatic heterocycles. The van der Waals surface area contributed by atoms with Crippen molar-refractivity contribution in [2.24, 2.45) is 0 Å². The van der Waals surface area contributed by atoms with Gasteiger partial charge in [-0.2, -0.15) is 4.98 Å². The lowest BCUT2D eigenvalue weighted by Gasteiger charge is -2.08. The zero-order valence-corrected chi connectivity index (χ0v) is 11.6. The molecule has 4 aromatic rings. The molecule has 0 atom stereocenters. The van der Waals surface area contributed by atoms with Crippen LogP contribution in [0.3, 0.4) is 0 Å². The molecule has 0 aliphatic heterocycles. The molecule has 0 aliphatic carbocycles. The fraction of sp³-hybridized carbons (Fsp3) is 0.0667.